The van der Waals surface area contributed by atoms with E-state index in [9.17, 15) is 9.59 Å². The molecule has 6 nitrogen and oxygen atoms in total. The molecule has 1 aliphatic rings. The molecule has 3 heterocycles. The minimum atomic E-state index is 0.0210. The van der Waals surface area contributed by atoms with Crippen LogP contribution in [0, 0.1) is 5.92 Å². The van der Waals surface area contributed by atoms with Gasteiger partial charge in [0, 0.05) is 44.7 Å². The number of aryl methyl sites for hydroxylation is 1. The van der Waals surface area contributed by atoms with Crippen molar-refractivity contribution in [3.63, 3.8) is 0 Å². The lowest BCUT2D eigenvalue weighted by atomic mass is 9.96. The fraction of sp³-hybridized carbons (Fsp3) is 0.471. The molecule has 1 aliphatic heterocycles. The maximum absolute atomic E-state index is 11.7. The number of rotatable bonds is 4. The number of likely N-dealkylation sites (tertiary alicyclic amines) is 1. The first-order valence-electron chi connectivity index (χ1n) is 8.00. The van der Waals surface area contributed by atoms with Gasteiger partial charge in [0.05, 0.1) is 6.33 Å². The SMILES string of the molecule is Cn1cc(CN2CCC(Cn3cnccc3=O)CC2)ccc1=O. The molecule has 6 heteroatoms. The van der Waals surface area contributed by atoms with Crippen LogP contribution in [0.5, 0.6) is 0 Å². The van der Waals surface area contributed by atoms with Gasteiger partial charge >= 0.3 is 0 Å². The van der Waals surface area contributed by atoms with Gasteiger partial charge in [-0.3, -0.25) is 19.1 Å². The molecule has 0 saturated carbocycles. The summed E-state index contributed by atoms with van der Waals surface area (Å²) in [5.41, 5.74) is 1.20. The third-order valence-electron chi connectivity index (χ3n) is 4.51. The topological polar surface area (TPSA) is 60.1 Å². The van der Waals surface area contributed by atoms with Gasteiger partial charge in [-0.2, -0.15) is 0 Å². The third kappa shape index (κ3) is 3.96. The van der Waals surface area contributed by atoms with Gasteiger partial charge in [0.1, 0.15) is 0 Å². The maximum Gasteiger partial charge on any atom is 0.253 e. The highest BCUT2D eigenvalue weighted by Crippen LogP contribution is 2.19. The Labute approximate surface area is 135 Å². The number of hydrogen-bond acceptors (Lipinski definition) is 4. The van der Waals surface area contributed by atoms with Crippen molar-refractivity contribution >= 4 is 0 Å². The van der Waals surface area contributed by atoms with E-state index >= 15 is 0 Å². The molecule has 0 atom stereocenters. The Morgan fingerprint density at radius 3 is 2.61 bits per heavy atom. The molecule has 0 radical (unpaired) electrons. The number of hydrogen-bond donors (Lipinski definition) is 0. The van der Waals surface area contributed by atoms with E-state index in [2.05, 4.69) is 9.88 Å². The summed E-state index contributed by atoms with van der Waals surface area (Å²) in [4.78, 5) is 29.6. The zero-order valence-corrected chi connectivity index (χ0v) is 13.4. The molecule has 3 rings (SSSR count). The predicted molar refractivity (Wildman–Crippen MR) is 88.2 cm³/mol. The summed E-state index contributed by atoms with van der Waals surface area (Å²) in [6.07, 6.45) is 7.22. The summed E-state index contributed by atoms with van der Waals surface area (Å²) in [7, 11) is 1.78. The van der Waals surface area contributed by atoms with Crippen molar-refractivity contribution < 1.29 is 0 Å². The van der Waals surface area contributed by atoms with E-state index in [4.69, 9.17) is 0 Å². The van der Waals surface area contributed by atoms with Crippen molar-refractivity contribution in [2.75, 3.05) is 13.1 Å². The van der Waals surface area contributed by atoms with Crippen LogP contribution in [-0.2, 0) is 20.1 Å². The highest BCUT2D eigenvalue weighted by atomic mass is 16.1. The Hall–Kier alpha value is -2.21. The summed E-state index contributed by atoms with van der Waals surface area (Å²) >= 11 is 0. The average molecular weight is 314 g/mol. The minimum absolute atomic E-state index is 0.0210. The Balaban J connectivity index is 1.54. The number of pyridine rings is 1. The smallest absolute Gasteiger partial charge is 0.253 e. The highest BCUT2D eigenvalue weighted by molar-refractivity contribution is 5.09. The van der Waals surface area contributed by atoms with Gasteiger partial charge in [-0.05, 0) is 37.4 Å². The summed E-state index contributed by atoms with van der Waals surface area (Å²) in [5, 5.41) is 0. The molecule has 0 aliphatic carbocycles. The van der Waals surface area contributed by atoms with E-state index in [1.165, 1.54) is 12.3 Å². The molecule has 23 heavy (non-hydrogen) atoms. The molecule has 1 fully saturated rings. The zero-order valence-electron chi connectivity index (χ0n) is 13.4. The van der Waals surface area contributed by atoms with Crippen LogP contribution in [-0.4, -0.2) is 32.1 Å². The summed E-state index contributed by atoms with van der Waals surface area (Å²) < 4.78 is 3.32. The monoisotopic (exact) mass is 314 g/mol. The fourth-order valence-electron chi connectivity index (χ4n) is 3.12. The normalized spacial score (nSPS) is 16.6. The molecule has 0 bridgehead atoms. The van der Waals surface area contributed by atoms with Gasteiger partial charge < -0.3 is 4.57 Å². The van der Waals surface area contributed by atoms with Gasteiger partial charge in [-0.15, -0.1) is 0 Å². The molecule has 122 valence electrons. The number of nitrogens with zero attached hydrogens (tertiary/aromatic N) is 4. The van der Waals surface area contributed by atoms with Crippen LogP contribution in [0.4, 0.5) is 0 Å². The molecule has 0 unspecified atom stereocenters. The zero-order chi connectivity index (χ0) is 16.2. The number of aromatic nitrogens is 3. The Morgan fingerprint density at radius 2 is 1.91 bits per heavy atom. The van der Waals surface area contributed by atoms with Crippen molar-refractivity contribution in [1.82, 2.24) is 19.0 Å². The minimum Gasteiger partial charge on any atom is -0.318 e. The molecular weight excluding hydrogens is 292 g/mol. The van der Waals surface area contributed by atoms with E-state index in [1.54, 1.807) is 28.6 Å². The van der Waals surface area contributed by atoms with E-state index in [0.717, 1.165) is 44.6 Å². The van der Waals surface area contributed by atoms with E-state index in [-0.39, 0.29) is 11.1 Å². The van der Waals surface area contributed by atoms with Crippen molar-refractivity contribution in [2.45, 2.75) is 25.9 Å². The van der Waals surface area contributed by atoms with Crippen LogP contribution >= 0.6 is 0 Å². The van der Waals surface area contributed by atoms with Crippen molar-refractivity contribution in [3.8, 4) is 0 Å². The van der Waals surface area contributed by atoms with E-state index in [0.29, 0.717) is 5.92 Å². The first kappa shape index (κ1) is 15.7. The van der Waals surface area contributed by atoms with Crippen LogP contribution < -0.4 is 11.1 Å². The molecule has 0 aromatic carbocycles. The first-order valence-corrected chi connectivity index (χ1v) is 8.00. The van der Waals surface area contributed by atoms with E-state index < -0.39 is 0 Å². The molecule has 0 spiro atoms. The Bertz CT molecular complexity index is 772. The Kier molecular flexibility index (Phi) is 4.71. The second kappa shape index (κ2) is 6.91. The molecule has 1 saturated heterocycles. The van der Waals surface area contributed by atoms with Crippen LogP contribution in [0.25, 0.3) is 0 Å². The molecule has 2 aromatic heterocycles. The third-order valence-corrected chi connectivity index (χ3v) is 4.51. The summed E-state index contributed by atoms with van der Waals surface area (Å²) in [5.74, 6) is 0.522. The van der Waals surface area contributed by atoms with Crippen LogP contribution in [0.15, 0.2) is 46.5 Å². The molecule has 2 aromatic rings. The lowest BCUT2D eigenvalue weighted by Crippen LogP contribution is -2.36. The van der Waals surface area contributed by atoms with Gasteiger partial charge in [0.25, 0.3) is 5.56 Å². The number of piperidine rings is 1. The second-order valence-electron chi connectivity index (χ2n) is 6.28. The van der Waals surface area contributed by atoms with Crippen molar-refractivity contribution in [3.05, 3.63) is 63.2 Å². The van der Waals surface area contributed by atoms with Crippen LogP contribution in [0.3, 0.4) is 0 Å². The van der Waals surface area contributed by atoms with Crippen LogP contribution in [0.1, 0.15) is 18.4 Å². The van der Waals surface area contributed by atoms with Gasteiger partial charge in [-0.1, -0.05) is 6.07 Å². The van der Waals surface area contributed by atoms with Gasteiger partial charge in [0.15, 0.2) is 0 Å². The maximum atomic E-state index is 11.7. The van der Waals surface area contributed by atoms with E-state index in [1.807, 2.05) is 12.3 Å². The second-order valence-corrected chi connectivity index (χ2v) is 6.28. The Morgan fingerprint density at radius 1 is 1.13 bits per heavy atom. The lowest BCUT2D eigenvalue weighted by Gasteiger charge is -2.32. The quantitative estimate of drug-likeness (QED) is 0.839. The standard InChI is InChI=1S/C17H22N4O2/c1-19-10-15(2-3-16(19)22)11-20-8-5-14(6-9-20)12-21-13-18-7-4-17(21)23/h2-4,7,10,13-14H,5-6,8-9,11-12H2,1H3. The molecule has 0 amide bonds. The predicted octanol–water partition coefficient (Wildman–Crippen LogP) is 0.854. The first-order chi connectivity index (χ1) is 11.1. The van der Waals surface area contributed by atoms with Gasteiger partial charge in [0.2, 0.25) is 5.56 Å². The van der Waals surface area contributed by atoms with Crippen molar-refractivity contribution in [2.24, 2.45) is 13.0 Å². The summed E-state index contributed by atoms with van der Waals surface area (Å²) in [6, 6.07) is 5.04. The molecule has 0 N–H and O–H groups in total. The van der Waals surface area contributed by atoms with Gasteiger partial charge in [-0.25, -0.2) is 4.98 Å². The largest absolute Gasteiger partial charge is 0.318 e. The lowest BCUT2D eigenvalue weighted by molar-refractivity contribution is 0.166. The average Bonchev–Trinajstić information content (AvgIpc) is 2.55. The molecular formula is C17H22N4O2. The van der Waals surface area contributed by atoms with Crippen molar-refractivity contribution in [1.29, 1.82) is 0 Å². The van der Waals surface area contributed by atoms with Crippen LogP contribution in [0.2, 0.25) is 0 Å². The fourth-order valence-corrected chi connectivity index (χ4v) is 3.12. The summed E-state index contributed by atoms with van der Waals surface area (Å²) in [6.45, 7) is 3.65. The highest BCUT2D eigenvalue weighted by Gasteiger charge is 2.20.